The first-order valence-corrected chi connectivity index (χ1v) is 6.68. The molecule has 1 aliphatic carbocycles. The van der Waals surface area contributed by atoms with E-state index in [0.717, 1.165) is 19.0 Å². The van der Waals surface area contributed by atoms with Crippen molar-refractivity contribution in [1.29, 1.82) is 0 Å². The van der Waals surface area contributed by atoms with Crippen LogP contribution in [0.2, 0.25) is 0 Å². The molecule has 0 spiro atoms. The number of rotatable bonds is 7. The Hall–Kier alpha value is -0.570. The van der Waals surface area contributed by atoms with Crippen molar-refractivity contribution in [3.05, 3.63) is 0 Å². The summed E-state index contributed by atoms with van der Waals surface area (Å²) in [7, 11) is 1.85. The van der Waals surface area contributed by atoms with Crippen molar-refractivity contribution in [2.45, 2.75) is 45.4 Å². The molecular formula is C13H26N2O. The van der Waals surface area contributed by atoms with Crippen molar-refractivity contribution < 1.29 is 4.79 Å². The minimum Gasteiger partial charge on any atom is -0.345 e. The normalized spacial score (nSPS) is 16.6. The second-order valence-corrected chi connectivity index (χ2v) is 4.88. The van der Waals surface area contributed by atoms with Crippen LogP contribution in [0.25, 0.3) is 0 Å². The minimum absolute atomic E-state index is 0.198. The Morgan fingerprint density at radius 3 is 2.69 bits per heavy atom. The maximum absolute atomic E-state index is 11.5. The predicted molar refractivity (Wildman–Crippen MR) is 67.4 cm³/mol. The van der Waals surface area contributed by atoms with Gasteiger partial charge in [0.25, 0.3) is 0 Å². The van der Waals surface area contributed by atoms with Gasteiger partial charge in [0, 0.05) is 13.6 Å². The summed E-state index contributed by atoms with van der Waals surface area (Å²) in [6, 6.07) is 0. The Bertz CT molecular complexity index is 200. The van der Waals surface area contributed by atoms with Crippen LogP contribution in [0.5, 0.6) is 0 Å². The molecule has 0 bridgehead atoms. The quantitative estimate of drug-likeness (QED) is 0.674. The van der Waals surface area contributed by atoms with Gasteiger partial charge in [0.05, 0.1) is 6.54 Å². The van der Waals surface area contributed by atoms with E-state index in [1.54, 1.807) is 4.90 Å². The lowest BCUT2D eigenvalue weighted by Crippen LogP contribution is -2.35. The van der Waals surface area contributed by atoms with Crippen LogP contribution >= 0.6 is 0 Å². The number of nitrogens with one attached hydrogen (secondary N) is 1. The maximum atomic E-state index is 11.5. The molecule has 3 heteroatoms. The van der Waals surface area contributed by atoms with E-state index in [-0.39, 0.29) is 5.91 Å². The van der Waals surface area contributed by atoms with Crippen LogP contribution < -0.4 is 5.32 Å². The maximum Gasteiger partial charge on any atom is 0.236 e. The van der Waals surface area contributed by atoms with Crippen molar-refractivity contribution in [1.82, 2.24) is 10.2 Å². The molecule has 0 aromatic carbocycles. The molecular weight excluding hydrogens is 200 g/mol. The SMILES string of the molecule is CCN(C)C(=O)CNCCCC1CCCC1. The molecule has 0 aliphatic heterocycles. The summed E-state index contributed by atoms with van der Waals surface area (Å²) >= 11 is 0. The van der Waals surface area contributed by atoms with Crippen molar-refractivity contribution in [2.24, 2.45) is 5.92 Å². The Morgan fingerprint density at radius 2 is 2.06 bits per heavy atom. The van der Waals surface area contributed by atoms with Gasteiger partial charge in [-0.15, -0.1) is 0 Å². The molecule has 0 heterocycles. The van der Waals surface area contributed by atoms with Crippen LogP contribution in [0.15, 0.2) is 0 Å². The highest BCUT2D eigenvalue weighted by Gasteiger charge is 2.14. The van der Waals surface area contributed by atoms with E-state index < -0.39 is 0 Å². The molecule has 1 fully saturated rings. The smallest absolute Gasteiger partial charge is 0.236 e. The lowest BCUT2D eigenvalue weighted by Gasteiger charge is -2.15. The van der Waals surface area contributed by atoms with E-state index in [1.165, 1.54) is 38.5 Å². The van der Waals surface area contributed by atoms with Crippen molar-refractivity contribution >= 4 is 5.91 Å². The van der Waals surface area contributed by atoms with Gasteiger partial charge in [-0.1, -0.05) is 25.7 Å². The highest BCUT2D eigenvalue weighted by atomic mass is 16.2. The number of likely N-dealkylation sites (N-methyl/N-ethyl adjacent to an activating group) is 1. The lowest BCUT2D eigenvalue weighted by molar-refractivity contribution is -0.128. The Kier molecular flexibility index (Phi) is 6.46. The number of hydrogen-bond donors (Lipinski definition) is 1. The Morgan fingerprint density at radius 1 is 1.38 bits per heavy atom. The van der Waals surface area contributed by atoms with Crippen molar-refractivity contribution in [3.63, 3.8) is 0 Å². The highest BCUT2D eigenvalue weighted by molar-refractivity contribution is 5.77. The second kappa shape index (κ2) is 7.66. The zero-order valence-electron chi connectivity index (χ0n) is 10.8. The third kappa shape index (κ3) is 4.97. The second-order valence-electron chi connectivity index (χ2n) is 4.88. The molecule has 0 radical (unpaired) electrons. The minimum atomic E-state index is 0.198. The van der Waals surface area contributed by atoms with Crippen LogP contribution in [0.1, 0.15) is 45.4 Å². The molecule has 3 nitrogen and oxygen atoms in total. The topological polar surface area (TPSA) is 32.3 Å². The summed E-state index contributed by atoms with van der Waals surface area (Å²) in [5, 5.41) is 3.23. The zero-order valence-corrected chi connectivity index (χ0v) is 10.8. The third-order valence-corrected chi connectivity index (χ3v) is 3.62. The monoisotopic (exact) mass is 226 g/mol. The van der Waals surface area contributed by atoms with Gasteiger partial charge in [-0.05, 0) is 32.2 Å². The number of carbonyl (C=O) groups is 1. The Balaban J connectivity index is 1.93. The first-order valence-electron chi connectivity index (χ1n) is 6.68. The van der Waals surface area contributed by atoms with E-state index in [0.29, 0.717) is 6.54 Å². The van der Waals surface area contributed by atoms with Gasteiger partial charge in [-0.3, -0.25) is 4.79 Å². The third-order valence-electron chi connectivity index (χ3n) is 3.62. The van der Waals surface area contributed by atoms with Gasteiger partial charge in [0.1, 0.15) is 0 Å². The van der Waals surface area contributed by atoms with E-state index in [2.05, 4.69) is 5.32 Å². The van der Waals surface area contributed by atoms with Crippen LogP contribution in [0.4, 0.5) is 0 Å². The number of amides is 1. The van der Waals surface area contributed by atoms with Crippen LogP contribution in [0.3, 0.4) is 0 Å². The highest BCUT2D eigenvalue weighted by Crippen LogP contribution is 2.28. The molecule has 0 aromatic heterocycles. The average molecular weight is 226 g/mol. The van der Waals surface area contributed by atoms with Crippen molar-refractivity contribution in [3.8, 4) is 0 Å². The summed E-state index contributed by atoms with van der Waals surface area (Å²) in [5.74, 6) is 1.17. The fraction of sp³-hybridized carbons (Fsp3) is 0.923. The summed E-state index contributed by atoms with van der Waals surface area (Å²) in [6.07, 6.45) is 8.27. The Labute approximate surface area is 99.6 Å². The largest absolute Gasteiger partial charge is 0.345 e. The molecule has 0 saturated heterocycles. The predicted octanol–water partition coefficient (Wildman–Crippen LogP) is 2.02. The number of hydrogen-bond acceptors (Lipinski definition) is 2. The molecule has 0 atom stereocenters. The molecule has 1 rings (SSSR count). The van der Waals surface area contributed by atoms with E-state index in [9.17, 15) is 4.79 Å². The summed E-state index contributed by atoms with van der Waals surface area (Å²) in [4.78, 5) is 13.2. The van der Waals surface area contributed by atoms with Crippen molar-refractivity contribution in [2.75, 3.05) is 26.7 Å². The lowest BCUT2D eigenvalue weighted by atomic mass is 10.0. The molecule has 0 aromatic rings. The van der Waals surface area contributed by atoms with Crippen LogP contribution in [0, 0.1) is 5.92 Å². The molecule has 16 heavy (non-hydrogen) atoms. The molecule has 1 saturated carbocycles. The zero-order chi connectivity index (χ0) is 11.8. The first kappa shape index (κ1) is 13.5. The first-order chi connectivity index (χ1) is 7.74. The summed E-state index contributed by atoms with van der Waals surface area (Å²) in [5.41, 5.74) is 0. The van der Waals surface area contributed by atoms with Gasteiger partial charge in [-0.2, -0.15) is 0 Å². The van der Waals surface area contributed by atoms with E-state index in [4.69, 9.17) is 0 Å². The van der Waals surface area contributed by atoms with Gasteiger partial charge in [0.2, 0.25) is 5.91 Å². The molecule has 1 aliphatic rings. The fourth-order valence-corrected chi connectivity index (χ4v) is 2.32. The molecule has 1 N–H and O–H groups in total. The number of nitrogens with zero attached hydrogens (tertiary/aromatic N) is 1. The van der Waals surface area contributed by atoms with Gasteiger partial charge in [0.15, 0.2) is 0 Å². The van der Waals surface area contributed by atoms with Gasteiger partial charge >= 0.3 is 0 Å². The summed E-state index contributed by atoms with van der Waals surface area (Å²) < 4.78 is 0. The summed E-state index contributed by atoms with van der Waals surface area (Å²) in [6.45, 7) is 4.27. The standard InChI is InChI=1S/C13H26N2O/c1-3-15(2)13(16)11-14-10-6-9-12-7-4-5-8-12/h12,14H,3-11H2,1-2H3. The van der Waals surface area contributed by atoms with Gasteiger partial charge < -0.3 is 10.2 Å². The average Bonchev–Trinajstić information content (AvgIpc) is 2.80. The van der Waals surface area contributed by atoms with Gasteiger partial charge in [-0.25, -0.2) is 0 Å². The van der Waals surface area contributed by atoms with Crippen LogP contribution in [-0.2, 0) is 4.79 Å². The molecule has 0 unspecified atom stereocenters. The fourth-order valence-electron chi connectivity index (χ4n) is 2.32. The molecule has 1 amide bonds. The molecule has 94 valence electrons. The van der Waals surface area contributed by atoms with E-state index >= 15 is 0 Å². The van der Waals surface area contributed by atoms with E-state index in [1.807, 2.05) is 14.0 Å². The van der Waals surface area contributed by atoms with Crippen LogP contribution in [-0.4, -0.2) is 37.5 Å². The number of carbonyl (C=O) groups excluding carboxylic acids is 1.